The second-order valence-electron chi connectivity index (χ2n) is 11.7. The van der Waals surface area contributed by atoms with E-state index in [1.807, 2.05) is 18.2 Å². The van der Waals surface area contributed by atoms with Crippen LogP contribution in [-0.4, -0.2) is 15.0 Å². The third-order valence-electron chi connectivity index (χ3n) is 8.85. The van der Waals surface area contributed by atoms with Gasteiger partial charge in [0, 0.05) is 22.1 Å². The summed E-state index contributed by atoms with van der Waals surface area (Å²) in [6.07, 6.45) is 0. The van der Waals surface area contributed by atoms with Crippen molar-refractivity contribution in [2.45, 2.75) is 0 Å². The van der Waals surface area contributed by atoms with Gasteiger partial charge in [0.05, 0.1) is 0 Å². The van der Waals surface area contributed by atoms with Crippen LogP contribution in [0, 0.1) is 0 Å². The molecule has 9 rings (SSSR count). The molecule has 0 saturated heterocycles. The SMILES string of the molecule is c1ccc(-c2nc(-c3cccc(-c4ccc5ccccc5c4)c3)nc(-c3c4ccccc4cc4ccc5ccccc5c34)n2)cc1. The van der Waals surface area contributed by atoms with E-state index in [1.165, 1.54) is 21.5 Å². The average molecular weight is 586 g/mol. The maximum Gasteiger partial charge on any atom is 0.165 e. The molecule has 0 unspecified atom stereocenters. The van der Waals surface area contributed by atoms with Crippen molar-refractivity contribution in [3.63, 3.8) is 0 Å². The fourth-order valence-corrected chi connectivity index (χ4v) is 6.61. The predicted molar refractivity (Wildman–Crippen MR) is 192 cm³/mol. The maximum atomic E-state index is 5.27. The number of fused-ring (bicyclic) bond motifs is 5. The summed E-state index contributed by atoms with van der Waals surface area (Å²) < 4.78 is 0. The molecule has 0 fully saturated rings. The fraction of sp³-hybridized carbons (Fsp3) is 0. The Morgan fingerprint density at radius 1 is 0.283 bits per heavy atom. The van der Waals surface area contributed by atoms with Crippen LogP contribution in [0.1, 0.15) is 0 Å². The van der Waals surface area contributed by atoms with Crippen molar-refractivity contribution >= 4 is 43.1 Å². The largest absolute Gasteiger partial charge is 0.208 e. The summed E-state index contributed by atoms with van der Waals surface area (Å²) in [5, 5.41) is 9.40. The van der Waals surface area contributed by atoms with Gasteiger partial charge in [-0.05, 0) is 67.0 Å². The van der Waals surface area contributed by atoms with Gasteiger partial charge in [0.1, 0.15) is 0 Å². The highest BCUT2D eigenvalue weighted by Crippen LogP contribution is 2.40. The molecule has 0 aliphatic carbocycles. The Hall–Kier alpha value is -6.19. The Kier molecular flexibility index (Phi) is 6.14. The highest BCUT2D eigenvalue weighted by molar-refractivity contribution is 6.21. The van der Waals surface area contributed by atoms with Crippen LogP contribution >= 0.6 is 0 Å². The number of nitrogens with zero attached hydrogens (tertiary/aromatic N) is 3. The van der Waals surface area contributed by atoms with Crippen molar-refractivity contribution in [2.75, 3.05) is 0 Å². The van der Waals surface area contributed by atoms with E-state index in [4.69, 9.17) is 15.0 Å². The standard InChI is InChI=1S/C43H27N3/c1-2-13-30(14-3-1)41-44-42(36-18-10-17-32(26-36)33-23-21-28-11-4-5-15-31(28)25-33)46-43(45-41)40-38-20-9-7-16-34(38)27-35-24-22-29-12-6-8-19-37(29)39(35)40/h1-27H. The molecule has 0 amide bonds. The third kappa shape index (κ3) is 4.49. The highest BCUT2D eigenvalue weighted by atomic mass is 15.0. The second-order valence-corrected chi connectivity index (χ2v) is 11.7. The summed E-state index contributed by atoms with van der Waals surface area (Å²) in [6.45, 7) is 0. The van der Waals surface area contributed by atoms with Gasteiger partial charge in [0.25, 0.3) is 0 Å². The number of hydrogen-bond acceptors (Lipinski definition) is 3. The molecular weight excluding hydrogens is 558 g/mol. The van der Waals surface area contributed by atoms with Crippen molar-refractivity contribution in [1.29, 1.82) is 0 Å². The van der Waals surface area contributed by atoms with E-state index < -0.39 is 0 Å². The normalized spacial score (nSPS) is 11.5. The molecule has 0 bridgehead atoms. The van der Waals surface area contributed by atoms with Crippen molar-refractivity contribution in [3.05, 3.63) is 164 Å². The molecule has 1 heterocycles. The van der Waals surface area contributed by atoms with E-state index in [9.17, 15) is 0 Å². The van der Waals surface area contributed by atoms with Gasteiger partial charge in [-0.1, -0.05) is 146 Å². The summed E-state index contributed by atoms with van der Waals surface area (Å²) in [5.74, 6) is 1.96. The first-order valence-corrected chi connectivity index (χ1v) is 15.5. The van der Waals surface area contributed by atoms with Crippen LogP contribution in [0.2, 0.25) is 0 Å². The molecule has 9 aromatic rings. The van der Waals surface area contributed by atoms with Crippen LogP contribution < -0.4 is 0 Å². The number of rotatable bonds is 4. The predicted octanol–water partition coefficient (Wildman–Crippen LogP) is 11.2. The van der Waals surface area contributed by atoms with Gasteiger partial charge in [-0.25, -0.2) is 15.0 Å². The molecule has 1 aromatic heterocycles. The molecule has 0 aliphatic heterocycles. The van der Waals surface area contributed by atoms with E-state index in [-0.39, 0.29) is 0 Å². The minimum Gasteiger partial charge on any atom is -0.208 e. The van der Waals surface area contributed by atoms with Gasteiger partial charge in [-0.3, -0.25) is 0 Å². The molecule has 214 valence electrons. The van der Waals surface area contributed by atoms with Gasteiger partial charge in [0.15, 0.2) is 17.5 Å². The van der Waals surface area contributed by atoms with Crippen LogP contribution in [0.25, 0.3) is 88.4 Å². The summed E-state index contributed by atoms with van der Waals surface area (Å²) in [5.41, 5.74) is 5.20. The van der Waals surface area contributed by atoms with Gasteiger partial charge in [-0.15, -0.1) is 0 Å². The van der Waals surface area contributed by atoms with Crippen LogP contribution in [0.3, 0.4) is 0 Å². The Labute approximate surface area is 266 Å². The maximum absolute atomic E-state index is 5.27. The third-order valence-corrected chi connectivity index (χ3v) is 8.85. The summed E-state index contributed by atoms with van der Waals surface area (Å²) >= 11 is 0. The quantitative estimate of drug-likeness (QED) is 0.152. The molecule has 0 saturated carbocycles. The van der Waals surface area contributed by atoms with E-state index in [0.717, 1.165) is 49.4 Å². The van der Waals surface area contributed by atoms with Gasteiger partial charge >= 0.3 is 0 Å². The van der Waals surface area contributed by atoms with Crippen molar-refractivity contribution < 1.29 is 0 Å². The molecule has 8 aromatic carbocycles. The van der Waals surface area contributed by atoms with E-state index in [1.54, 1.807) is 0 Å². The first-order valence-electron chi connectivity index (χ1n) is 15.5. The number of hydrogen-bond donors (Lipinski definition) is 0. The fourth-order valence-electron chi connectivity index (χ4n) is 6.61. The summed E-state index contributed by atoms with van der Waals surface area (Å²) in [7, 11) is 0. The molecule has 0 aliphatic rings. The monoisotopic (exact) mass is 585 g/mol. The number of aromatic nitrogens is 3. The molecule has 0 radical (unpaired) electrons. The van der Waals surface area contributed by atoms with Gasteiger partial charge < -0.3 is 0 Å². The second kappa shape index (κ2) is 10.8. The molecule has 0 spiro atoms. The van der Waals surface area contributed by atoms with E-state index >= 15 is 0 Å². The van der Waals surface area contributed by atoms with E-state index in [0.29, 0.717) is 17.5 Å². The zero-order chi connectivity index (χ0) is 30.5. The van der Waals surface area contributed by atoms with Gasteiger partial charge in [0.2, 0.25) is 0 Å². The zero-order valence-electron chi connectivity index (χ0n) is 24.9. The van der Waals surface area contributed by atoms with Crippen LogP contribution in [0.15, 0.2) is 164 Å². The Morgan fingerprint density at radius 3 is 1.70 bits per heavy atom. The first-order chi connectivity index (χ1) is 22.8. The van der Waals surface area contributed by atoms with E-state index in [2.05, 4.69) is 146 Å². The zero-order valence-corrected chi connectivity index (χ0v) is 24.9. The lowest BCUT2D eigenvalue weighted by Gasteiger charge is -2.15. The number of benzene rings is 8. The summed E-state index contributed by atoms with van der Waals surface area (Å²) in [6, 6.07) is 57.6. The van der Waals surface area contributed by atoms with Gasteiger partial charge in [-0.2, -0.15) is 0 Å². The average Bonchev–Trinajstić information content (AvgIpc) is 3.14. The highest BCUT2D eigenvalue weighted by Gasteiger charge is 2.19. The van der Waals surface area contributed by atoms with Crippen molar-refractivity contribution in [2.24, 2.45) is 0 Å². The lowest BCUT2D eigenvalue weighted by atomic mass is 9.92. The van der Waals surface area contributed by atoms with Crippen LogP contribution in [0.4, 0.5) is 0 Å². The minimum absolute atomic E-state index is 0.646. The van der Waals surface area contributed by atoms with Crippen molar-refractivity contribution in [1.82, 2.24) is 15.0 Å². The smallest absolute Gasteiger partial charge is 0.165 e. The summed E-state index contributed by atoms with van der Waals surface area (Å²) in [4.78, 5) is 15.6. The Morgan fingerprint density at radius 2 is 0.848 bits per heavy atom. The topological polar surface area (TPSA) is 38.7 Å². The Bertz CT molecular complexity index is 2590. The first kappa shape index (κ1) is 26.2. The molecule has 0 N–H and O–H groups in total. The minimum atomic E-state index is 0.646. The molecule has 46 heavy (non-hydrogen) atoms. The molecule has 0 atom stereocenters. The lowest BCUT2D eigenvalue weighted by Crippen LogP contribution is -2.01. The molecular formula is C43H27N3. The molecule has 3 heteroatoms. The van der Waals surface area contributed by atoms with Crippen LogP contribution in [-0.2, 0) is 0 Å². The van der Waals surface area contributed by atoms with Crippen LogP contribution in [0.5, 0.6) is 0 Å². The van der Waals surface area contributed by atoms with Crippen molar-refractivity contribution in [3.8, 4) is 45.3 Å². The lowest BCUT2D eigenvalue weighted by molar-refractivity contribution is 1.08. The Balaban J connectivity index is 1.32. The molecule has 3 nitrogen and oxygen atoms in total.